The Balaban J connectivity index is 1.48. The van der Waals surface area contributed by atoms with Gasteiger partial charge in [-0.1, -0.05) is 12.1 Å². The highest BCUT2D eigenvalue weighted by Crippen LogP contribution is 2.23. The van der Waals surface area contributed by atoms with E-state index in [0.29, 0.717) is 11.5 Å². The highest BCUT2D eigenvalue weighted by Gasteiger charge is 2.25. The molecule has 1 aromatic carbocycles. The van der Waals surface area contributed by atoms with Crippen LogP contribution in [0.15, 0.2) is 55.1 Å². The molecular weight excluding hydrogens is 338 g/mol. The van der Waals surface area contributed by atoms with Crippen LogP contribution in [-0.4, -0.2) is 43.6 Å². The third-order valence-corrected chi connectivity index (χ3v) is 5.04. The number of amides is 1. The maximum Gasteiger partial charge on any atom is 0.253 e. The monoisotopic (exact) mass is 361 g/mol. The molecule has 1 aliphatic rings. The highest BCUT2D eigenvalue weighted by atomic mass is 16.2. The summed E-state index contributed by atoms with van der Waals surface area (Å²) in [5.41, 5.74) is 3.29. The first-order valence-electron chi connectivity index (χ1n) is 9.35. The second-order valence-corrected chi connectivity index (χ2v) is 7.16. The smallest absolute Gasteiger partial charge is 0.253 e. The van der Waals surface area contributed by atoms with Gasteiger partial charge >= 0.3 is 0 Å². The molecule has 1 saturated heterocycles. The Hall–Kier alpha value is -3.02. The van der Waals surface area contributed by atoms with Gasteiger partial charge in [0.05, 0.1) is 17.7 Å². The second-order valence-electron chi connectivity index (χ2n) is 7.16. The first-order chi connectivity index (χ1) is 13.2. The lowest BCUT2D eigenvalue weighted by molar-refractivity contribution is 0.0662. The Labute approximate surface area is 158 Å². The van der Waals surface area contributed by atoms with E-state index in [1.54, 1.807) is 6.20 Å². The zero-order chi connectivity index (χ0) is 18.6. The van der Waals surface area contributed by atoms with Crippen LogP contribution in [0.25, 0.3) is 11.3 Å². The Morgan fingerprint density at radius 2 is 2.15 bits per heavy atom. The summed E-state index contributed by atoms with van der Waals surface area (Å²) in [5.74, 6) is 0.551. The number of likely N-dealkylation sites (tertiary alicyclic amines) is 1. The van der Waals surface area contributed by atoms with Gasteiger partial charge in [-0.2, -0.15) is 10.2 Å². The molecule has 4 rings (SSSR count). The molecule has 0 N–H and O–H groups in total. The third kappa shape index (κ3) is 4.05. The minimum Gasteiger partial charge on any atom is -0.338 e. The number of hydrogen-bond acceptors (Lipinski definition) is 4. The molecular formula is C21H23N5O. The van der Waals surface area contributed by atoms with Gasteiger partial charge in [0.1, 0.15) is 0 Å². The van der Waals surface area contributed by atoms with E-state index in [1.165, 1.54) is 0 Å². The normalized spacial score (nSPS) is 17.1. The van der Waals surface area contributed by atoms with Crippen LogP contribution >= 0.6 is 0 Å². The number of hydrogen-bond donors (Lipinski definition) is 0. The van der Waals surface area contributed by atoms with Crippen molar-refractivity contribution in [2.45, 2.75) is 26.3 Å². The molecule has 1 atom stereocenters. The predicted molar refractivity (Wildman–Crippen MR) is 103 cm³/mol. The first kappa shape index (κ1) is 17.4. The number of imidazole rings is 1. The third-order valence-electron chi connectivity index (χ3n) is 5.04. The molecule has 0 aliphatic carbocycles. The quantitative estimate of drug-likeness (QED) is 0.716. The van der Waals surface area contributed by atoms with Crippen LogP contribution in [0, 0.1) is 12.8 Å². The Kier molecular flexibility index (Phi) is 4.96. The number of carbonyl (C=O) groups excluding carboxylic acids is 1. The van der Waals surface area contributed by atoms with E-state index >= 15 is 0 Å². The van der Waals surface area contributed by atoms with Gasteiger partial charge in [-0.3, -0.25) is 4.79 Å². The molecule has 3 aromatic rings. The van der Waals surface area contributed by atoms with Gasteiger partial charge in [0.15, 0.2) is 0 Å². The van der Waals surface area contributed by atoms with Crippen molar-refractivity contribution < 1.29 is 4.79 Å². The standard InChI is InChI=1S/C21H23N5O/c1-16-7-8-20(24-23-16)18-5-2-6-19(12-18)21(27)26-10-3-4-17(14-26)13-25-11-9-22-15-25/h2,5-9,11-12,15,17H,3-4,10,13-14H2,1H3/t17-/m1/s1. The average molecular weight is 361 g/mol. The Morgan fingerprint density at radius 3 is 2.93 bits per heavy atom. The number of benzene rings is 1. The van der Waals surface area contributed by atoms with E-state index in [-0.39, 0.29) is 5.91 Å². The summed E-state index contributed by atoms with van der Waals surface area (Å²) in [4.78, 5) is 19.1. The van der Waals surface area contributed by atoms with Gasteiger partial charge in [0, 0.05) is 43.2 Å². The van der Waals surface area contributed by atoms with E-state index in [1.807, 2.05) is 60.7 Å². The van der Waals surface area contributed by atoms with Crippen molar-refractivity contribution in [1.82, 2.24) is 24.6 Å². The van der Waals surface area contributed by atoms with Crippen molar-refractivity contribution in [3.63, 3.8) is 0 Å². The zero-order valence-corrected chi connectivity index (χ0v) is 15.5. The van der Waals surface area contributed by atoms with Crippen molar-refractivity contribution in [3.8, 4) is 11.3 Å². The van der Waals surface area contributed by atoms with Gasteiger partial charge in [-0.15, -0.1) is 0 Å². The number of carbonyl (C=O) groups is 1. The van der Waals surface area contributed by atoms with E-state index in [9.17, 15) is 4.79 Å². The van der Waals surface area contributed by atoms with Crippen LogP contribution in [0.3, 0.4) is 0 Å². The molecule has 0 spiro atoms. The van der Waals surface area contributed by atoms with Gasteiger partial charge in [-0.05, 0) is 49.9 Å². The Bertz CT molecular complexity index is 905. The molecule has 0 bridgehead atoms. The number of aromatic nitrogens is 4. The lowest BCUT2D eigenvalue weighted by Crippen LogP contribution is -2.41. The van der Waals surface area contributed by atoms with Crippen LogP contribution in [-0.2, 0) is 6.54 Å². The second kappa shape index (κ2) is 7.70. The largest absolute Gasteiger partial charge is 0.338 e. The van der Waals surface area contributed by atoms with E-state index < -0.39 is 0 Å². The van der Waals surface area contributed by atoms with Crippen molar-refractivity contribution in [1.29, 1.82) is 0 Å². The van der Waals surface area contributed by atoms with E-state index in [0.717, 1.165) is 49.4 Å². The van der Waals surface area contributed by atoms with Crippen LogP contribution in [0.4, 0.5) is 0 Å². The summed E-state index contributed by atoms with van der Waals surface area (Å²) in [5, 5.41) is 8.34. The molecule has 0 saturated carbocycles. The van der Waals surface area contributed by atoms with E-state index in [2.05, 4.69) is 19.7 Å². The van der Waals surface area contributed by atoms with Crippen LogP contribution in [0.2, 0.25) is 0 Å². The fraction of sp³-hybridized carbons (Fsp3) is 0.333. The van der Waals surface area contributed by atoms with Gasteiger partial charge in [0.2, 0.25) is 0 Å². The fourth-order valence-electron chi connectivity index (χ4n) is 3.64. The molecule has 138 valence electrons. The summed E-state index contributed by atoms with van der Waals surface area (Å²) in [6.45, 7) is 4.41. The fourth-order valence-corrected chi connectivity index (χ4v) is 3.64. The van der Waals surface area contributed by atoms with E-state index in [4.69, 9.17) is 0 Å². The summed E-state index contributed by atoms with van der Waals surface area (Å²) in [6, 6.07) is 11.6. The number of aryl methyl sites for hydroxylation is 1. The Morgan fingerprint density at radius 1 is 1.22 bits per heavy atom. The molecule has 27 heavy (non-hydrogen) atoms. The molecule has 2 aromatic heterocycles. The predicted octanol–water partition coefficient (Wildman–Crippen LogP) is 3.20. The van der Waals surface area contributed by atoms with Gasteiger partial charge in [-0.25, -0.2) is 4.98 Å². The summed E-state index contributed by atoms with van der Waals surface area (Å²) in [6.07, 6.45) is 7.79. The molecule has 0 radical (unpaired) electrons. The SMILES string of the molecule is Cc1ccc(-c2cccc(C(=O)N3CCC[C@H](Cn4ccnc4)C3)c2)nn1. The summed E-state index contributed by atoms with van der Waals surface area (Å²) in [7, 11) is 0. The topological polar surface area (TPSA) is 63.9 Å². The van der Waals surface area contributed by atoms with Crippen LogP contribution in [0.1, 0.15) is 28.9 Å². The maximum absolute atomic E-state index is 13.1. The molecule has 1 amide bonds. The number of piperidine rings is 1. The van der Waals surface area contributed by atoms with Crippen LogP contribution < -0.4 is 0 Å². The minimum atomic E-state index is 0.0900. The highest BCUT2D eigenvalue weighted by molar-refractivity contribution is 5.95. The van der Waals surface area contributed by atoms with Crippen LogP contribution in [0.5, 0.6) is 0 Å². The summed E-state index contributed by atoms with van der Waals surface area (Å²) >= 11 is 0. The molecule has 1 fully saturated rings. The summed E-state index contributed by atoms with van der Waals surface area (Å²) < 4.78 is 2.09. The van der Waals surface area contributed by atoms with Crippen molar-refractivity contribution in [2.24, 2.45) is 5.92 Å². The number of rotatable bonds is 4. The zero-order valence-electron chi connectivity index (χ0n) is 15.5. The number of nitrogens with zero attached hydrogens (tertiary/aromatic N) is 5. The molecule has 3 heterocycles. The minimum absolute atomic E-state index is 0.0900. The average Bonchev–Trinajstić information content (AvgIpc) is 3.21. The van der Waals surface area contributed by atoms with Crippen molar-refractivity contribution in [3.05, 3.63) is 66.4 Å². The molecule has 0 unspecified atom stereocenters. The molecule has 6 heteroatoms. The van der Waals surface area contributed by atoms with Gasteiger partial charge < -0.3 is 9.47 Å². The molecule has 1 aliphatic heterocycles. The lowest BCUT2D eigenvalue weighted by Gasteiger charge is -2.33. The van der Waals surface area contributed by atoms with Gasteiger partial charge in [0.25, 0.3) is 5.91 Å². The lowest BCUT2D eigenvalue weighted by atomic mass is 9.97. The first-order valence-corrected chi connectivity index (χ1v) is 9.35. The maximum atomic E-state index is 13.1. The molecule has 6 nitrogen and oxygen atoms in total. The van der Waals surface area contributed by atoms with Crippen molar-refractivity contribution in [2.75, 3.05) is 13.1 Å². The van der Waals surface area contributed by atoms with Crippen molar-refractivity contribution >= 4 is 5.91 Å².